The summed E-state index contributed by atoms with van der Waals surface area (Å²) in [6.45, 7) is 8.56. The lowest BCUT2D eigenvalue weighted by molar-refractivity contribution is 0.104. The molecule has 2 rings (SSSR count). The maximum absolute atomic E-state index is 4.58. The molecule has 1 fully saturated rings. The van der Waals surface area contributed by atoms with E-state index in [0.29, 0.717) is 5.41 Å². The molecular formula is C17H30N4S. The molecule has 1 aliphatic carbocycles. The third-order valence-electron chi connectivity index (χ3n) is 4.45. The number of guanidine groups is 1. The van der Waals surface area contributed by atoms with Crippen molar-refractivity contribution < 1.29 is 0 Å². The minimum atomic E-state index is 0.488. The van der Waals surface area contributed by atoms with Crippen LogP contribution in [0.2, 0.25) is 0 Å². The molecule has 1 aliphatic rings. The lowest BCUT2D eigenvalue weighted by Gasteiger charge is -2.43. The number of nitrogens with one attached hydrogen (secondary N) is 2. The normalized spacial score (nSPS) is 17.4. The van der Waals surface area contributed by atoms with Gasteiger partial charge in [-0.05, 0) is 37.0 Å². The zero-order valence-corrected chi connectivity index (χ0v) is 15.2. The van der Waals surface area contributed by atoms with E-state index in [2.05, 4.69) is 46.8 Å². The monoisotopic (exact) mass is 322 g/mol. The van der Waals surface area contributed by atoms with E-state index in [1.165, 1.54) is 30.7 Å². The average Bonchev–Trinajstić information content (AvgIpc) is 2.92. The van der Waals surface area contributed by atoms with Gasteiger partial charge >= 0.3 is 0 Å². The largest absolute Gasteiger partial charge is 0.356 e. The third-order valence-corrected chi connectivity index (χ3v) is 5.49. The lowest BCUT2D eigenvalue weighted by Crippen LogP contribution is -2.46. The molecule has 0 unspecified atom stereocenters. The van der Waals surface area contributed by atoms with Gasteiger partial charge in [0.2, 0.25) is 0 Å². The van der Waals surface area contributed by atoms with Crippen LogP contribution in [0, 0.1) is 11.3 Å². The second-order valence-electron chi connectivity index (χ2n) is 6.82. The van der Waals surface area contributed by atoms with Crippen molar-refractivity contribution in [3.05, 3.63) is 16.1 Å². The van der Waals surface area contributed by atoms with E-state index < -0.39 is 0 Å². The molecule has 0 spiro atoms. The van der Waals surface area contributed by atoms with Crippen LogP contribution in [-0.2, 0) is 13.0 Å². The van der Waals surface area contributed by atoms with Crippen molar-refractivity contribution >= 4 is 17.3 Å². The molecule has 0 atom stereocenters. The maximum atomic E-state index is 4.58. The molecule has 0 aromatic carbocycles. The van der Waals surface area contributed by atoms with Gasteiger partial charge in [0, 0.05) is 19.0 Å². The number of aliphatic imine (C=N–C) groups is 1. The molecule has 5 heteroatoms. The van der Waals surface area contributed by atoms with Crippen molar-refractivity contribution in [3.8, 4) is 0 Å². The first kappa shape index (κ1) is 17.3. The standard InChI is InChI=1S/C17H30N4S/c1-5-15-21-14(11-22-15)10-19-16(18-4)20-12-17(7-6-8-17)9-13(2)3/h11,13H,5-10,12H2,1-4H3,(H2,18,19,20). The summed E-state index contributed by atoms with van der Waals surface area (Å²) >= 11 is 1.73. The zero-order valence-electron chi connectivity index (χ0n) is 14.4. The SMILES string of the molecule is CCc1nc(CNC(=NC)NCC2(CC(C)C)CCC2)cs1. The number of rotatable bonds is 7. The first-order valence-electron chi connectivity index (χ1n) is 8.45. The Bertz CT molecular complexity index is 489. The molecule has 124 valence electrons. The highest BCUT2D eigenvalue weighted by atomic mass is 32.1. The summed E-state index contributed by atoms with van der Waals surface area (Å²) in [7, 11) is 1.84. The molecule has 0 amide bonds. The number of hydrogen-bond donors (Lipinski definition) is 2. The van der Waals surface area contributed by atoms with Crippen LogP contribution in [0.4, 0.5) is 0 Å². The minimum Gasteiger partial charge on any atom is -0.356 e. The highest BCUT2D eigenvalue weighted by Gasteiger charge is 2.37. The van der Waals surface area contributed by atoms with Crippen LogP contribution in [0.5, 0.6) is 0 Å². The predicted octanol–water partition coefficient (Wildman–Crippen LogP) is 3.59. The van der Waals surface area contributed by atoms with Crippen LogP contribution in [0.15, 0.2) is 10.4 Å². The topological polar surface area (TPSA) is 49.3 Å². The number of aryl methyl sites for hydroxylation is 1. The van der Waals surface area contributed by atoms with Gasteiger partial charge in [-0.3, -0.25) is 4.99 Å². The van der Waals surface area contributed by atoms with E-state index in [1.54, 1.807) is 11.3 Å². The van der Waals surface area contributed by atoms with Crippen LogP contribution >= 0.6 is 11.3 Å². The Balaban J connectivity index is 1.79. The molecule has 1 saturated carbocycles. The van der Waals surface area contributed by atoms with Gasteiger partial charge in [0.15, 0.2) is 5.96 Å². The average molecular weight is 323 g/mol. The third kappa shape index (κ3) is 4.70. The fraction of sp³-hybridized carbons (Fsp3) is 0.765. The summed E-state index contributed by atoms with van der Waals surface area (Å²) < 4.78 is 0. The molecule has 22 heavy (non-hydrogen) atoms. The van der Waals surface area contributed by atoms with Crippen molar-refractivity contribution in [1.29, 1.82) is 0 Å². The Morgan fingerprint density at radius 3 is 2.68 bits per heavy atom. The fourth-order valence-electron chi connectivity index (χ4n) is 3.25. The van der Waals surface area contributed by atoms with E-state index in [-0.39, 0.29) is 0 Å². The number of hydrogen-bond acceptors (Lipinski definition) is 3. The van der Waals surface area contributed by atoms with Gasteiger partial charge in [-0.1, -0.05) is 27.2 Å². The van der Waals surface area contributed by atoms with Gasteiger partial charge in [-0.25, -0.2) is 4.98 Å². The molecule has 1 aromatic rings. The van der Waals surface area contributed by atoms with E-state index in [0.717, 1.165) is 37.1 Å². The van der Waals surface area contributed by atoms with Crippen molar-refractivity contribution in [2.75, 3.05) is 13.6 Å². The van der Waals surface area contributed by atoms with E-state index in [1.807, 2.05) is 7.05 Å². The number of thiazole rings is 1. The summed E-state index contributed by atoms with van der Waals surface area (Å²) in [4.78, 5) is 8.92. The predicted molar refractivity (Wildman–Crippen MR) is 95.4 cm³/mol. The second kappa shape index (κ2) is 7.95. The van der Waals surface area contributed by atoms with E-state index >= 15 is 0 Å². The summed E-state index contributed by atoms with van der Waals surface area (Å²) in [5.74, 6) is 1.65. The van der Waals surface area contributed by atoms with Gasteiger partial charge in [0.25, 0.3) is 0 Å². The zero-order chi connectivity index (χ0) is 16.0. The number of aromatic nitrogens is 1. The molecule has 4 nitrogen and oxygen atoms in total. The Kier molecular flexibility index (Phi) is 6.24. The molecule has 2 N–H and O–H groups in total. The van der Waals surface area contributed by atoms with Crippen molar-refractivity contribution in [3.63, 3.8) is 0 Å². The van der Waals surface area contributed by atoms with E-state index in [9.17, 15) is 0 Å². The summed E-state index contributed by atoms with van der Waals surface area (Å²) in [6.07, 6.45) is 6.39. The van der Waals surface area contributed by atoms with Gasteiger partial charge in [0.05, 0.1) is 17.2 Å². The highest BCUT2D eigenvalue weighted by Crippen LogP contribution is 2.45. The first-order valence-corrected chi connectivity index (χ1v) is 9.32. The molecule has 1 heterocycles. The number of nitrogens with zero attached hydrogens (tertiary/aromatic N) is 2. The van der Waals surface area contributed by atoms with Crippen LogP contribution in [0.1, 0.15) is 57.2 Å². The molecule has 0 bridgehead atoms. The van der Waals surface area contributed by atoms with Crippen LogP contribution in [-0.4, -0.2) is 24.5 Å². The molecule has 0 saturated heterocycles. The summed E-state index contributed by atoms with van der Waals surface area (Å²) in [5.41, 5.74) is 1.59. The molecule has 0 aliphatic heterocycles. The minimum absolute atomic E-state index is 0.488. The Morgan fingerprint density at radius 1 is 1.41 bits per heavy atom. The Hall–Kier alpha value is -1.10. The molecule has 0 radical (unpaired) electrons. The van der Waals surface area contributed by atoms with Crippen LogP contribution in [0.25, 0.3) is 0 Å². The fourth-order valence-corrected chi connectivity index (χ4v) is 4.00. The van der Waals surface area contributed by atoms with Gasteiger partial charge in [-0.2, -0.15) is 0 Å². The van der Waals surface area contributed by atoms with Gasteiger partial charge in [-0.15, -0.1) is 11.3 Å². The van der Waals surface area contributed by atoms with Crippen LogP contribution in [0.3, 0.4) is 0 Å². The van der Waals surface area contributed by atoms with Crippen molar-refractivity contribution in [2.45, 2.75) is 59.4 Å². The lowest BCUT2D eigenvalue weighted by atomic mass is 9.64. The first-order chi connectivity index (χ1) is 10.6. The Labute approximate surface area is 138 Å². The molecule has 1 aromatic heterocycles. The maximum Gasteiger partial charge on any atom is 0.191 e. The highest BCUT2D eigenvalue weighted by molar-refractivity contribution is 7.09. The van der Waals surface area contributed by atoms with Crippen molar-refractivity contribution in [2.24, 2.45) is 16.3 Å². The molecular weight excluding hydrogens is 292 g/mol. The summed E-state index contributed by atoms with van der Waals surface area (Å²) in [5, 5.41) is 10.2. The van der Waals surface area contributed by atoms with Crippen molar-refractivity contribution in [1.82, 2.24) is 15.6 Å². The Morgan fingerprint density at radius 2 is 2.18 bits per heavy atom. The second-order valence-corrected chi connectivity index (χ2v) is 7.76. The summed E-state index contributed by atoms with van der Waals surface area (Å²) in [6, 6.07) is 0. The van der Waals surface area contributed by atoms with Gasteiger partial charge in [0.1, 0.15) is 0 Å². The van der Waals surface area contributed by atoms with Crippen LogP contribution < -0.4 is 10.6 Å². The quantitative estimate of drug-likeness (QED) is 0.596. The smallest absolute Gasteiger partial charge is 0.191 e. The van der Waals surface area contributed by atoms with Gasteiger partial charge < -0.3 is 10.6 Å². The van der Waals surface area contributed by atoms with E-state index in [4.69, 9.17) is 0 Å².